The zero-order valence-electron chi connectivity index (χ0n) is 14.9. The summed E-state index contributed by atoms with van der Waals surface area (Å²) in [5.74, 6) is 0. The molecule has 3 rings (SSSR count). The highest BCUT2D eigenvalue weighted by Crippen LogP contribution is 2.24. The van der Waals surface area contributed by atoms with Crippen molar-refractivity contribution in [1.29, 1.82) is 0 Å². The van der Waals surface area contributed by atoms with Crippen LogP contribution in [0, 0.1) is 0 Å². The molecule has 0 radical (unpaired) electrons. The Hall–Kier alpha value is -1.92. The monoisotopic (exact) mass is 360 g/mol. The van der Waals surface area contributed by atoms with Gasteiger partial charge in [-0.1, -0.05) is 18.2 Å². The summed E-state index contributed by atoms with van der Waals surface area (Å²) in [5.41, 5.74) is 1.77. The smallest absolute Gasteiger partial charge is 0.410 e. The zero-order valence-corrected chi connectivity index (χ0v) is 15.7. The van der Waals surface area contributed by atoms with Gasteiger partial charge in [0.2, 0.25) is 0 Å². The average molecular weight is 360 g/mol. The third kappa shape index (κ3) is 4.80. The van der Waals surface area contributed by atoms with Crippen molar-refractivity contribution < 1.29 is 14.3 Å². The number of carbonyl (C=O) groups is 1. The van der Waals surface area contributed by atoms with Gasteiger partial charge >= 0.3 is 6.09 Å². The lowest BCUT2D eigenvalue weighted by Crippen LogP contribution is -2.51. The van der Waals surface area contributed by atoms with Gasteiger partial charge in [0.15, 0.2) is 0 Å². The van der Waals surface area contributed by atoms with Gasteiger partial charge in [0, 0.05) is 23.7 Å². The van der Waals surface area contributed by atoms with E-state index in [2.05, 4.69) is 23.2 Å². The molecular weight excluding hydrogens is 336 g/mol. The van der Waals surface area contributed by atoms with E-state index in [-0.39, 0.29) is 12.1 Å². The predicted octanol–water partition coefficient (Wildman–Crippen LogP) is 3.99. The standard InChI is InChI=1S/C19H24N2O3S/c1-19(2,3)24-18(22)21-8-9-23-13-16(21)12-14-5-4-6-15(11-14)17-20-7-10-25-17/h4-7,10-11,16H,8-9,12-13H2,1-3H3. The minimum Gasteiger partial charge on any atom is -0.444 e. The first kappa shape index (κ1) is 17.9. The van der Waals surface area contributed by atoms with E-state index in [0.29, 0.717) is 19.8 Å². The molecule has 6 heteroatoms. The summed E-state index contributed by atoms with van der Waals surface area (Å²) in [6.45, 7) is 7.30. The van der Waals surface area contributed by atoms with Crippen LogP contribution in [-0.4, -0.2) is 47.4 Å². The fourth-order valence-electron chi connectivity index (χ4n) is 2.85. The number of ether oxygens (including phenoxy) is 2. The summed E-state index contributed by atoms with van der Waals surface area (Å²) >= 11 is 1.62. The predicted molar refractivity (Wildman–Crippen MR) is 98.8 cm³/mol. The third-order valence-electron chi connectivity index (χ3n) is 3.93. The average Bonchev–Trinajstić information content (AvgIpc) is 3.08. The maximum Gasteiger partial charge on any atom is 0.410 e. The van der Waals surface area contributed by atoms with E-state index in [1.165, 1.54) is 0 Å². The highest BCUT2D eigenvalue weighted by molar-refractivity contribution is 7.13. The van der Waals surface area contributed by atoms with Crippen LogP contribution in [0.5, 0.6) is 0 Å². The topological polar surface area (TPSA) is 51.7 Å². The minimum absolute atomic E-state index is 0.0184. The molecule has 0 aliphatic carbocycles. The highest BCUT2D eigenvalue weighted by atomic mass is 32.1. The van der Waals surface area contributed by atoms with E-state index in [1.807, 2.05) is 38.4 Å². The van der Waals surface area contributed by atoms with E-state index >= 15 is 0 Å². The quantitative estimate of drug-likeness (QED) is 0.830. The SMILES string of the molecule is CC(C)(C)OC(=O)N1CCOCC1Cc1cccc(-c2nccs2)c1. The Bertz CT molecular complexity index is 710. The van der Waals surface area contributed by atoms with Crippen molar-refractivity contribution in [2.45, 2.75) is 38.8 Å². The van der Waals surface area contributed by atoms with Crippen LogP contribution in [0.15, 0.2) is 35.8 Å². The molecule has 2 heterocycles. The van der Waals surface area contributed by atoms with Crippen LogP contribution in [0.3, 0.4) is 0 Å². The Morgan fingerprint density at radius 3 is 3.00 bits per heavy atom. The second kappa shape index (κ2) is 7.54. The second-order valence-electron chi connectivity index (χ2n) is 7.14. The van der Waals surface area contributed by atoms with E-state index in [0.717, 1.165) is 22.6 Å². The Morgan fingerprint density at radius 2 is 2.28 bits per heavy atom. The summed E-state index contributed by atoms with van der Waals surface area (Å²) in [5, 5.41) is 2.98. The summed E-state index contributed by atoms with van der Waals surface area (Å²) in [7, 11) is 0. The lowest BCUT2D eigenvalue weighted by Gasteiger charge is -2.36. The number of benzene rings is 1. The summed E-state index contributed by atoms with van der Waals surface area (Å²) in [6.07, 6.45) is 2.28. The number of amides is 1. The van der Waals surface area contributed by atoms with Crippen molar-refractivity contribution >= 4 is 17.4 Å². The second-order valence-corrected chi connectivity index (χ2v) is 8.04. The van der Waals surface area contributed by atoms with Gasteiger partial charge < -0.3 is 14.4 Å². The number of rotatable bonds is 3. The molecule has 0 saturated carbocycles. The Kier molecular flexibility index (Phi) is 5.39. The van der Waals surface area contributed by atoms with Gasteiger partial charge in [-0.2, -0.15) is 0 Å². The molecule has 1 aliphatic rings. The molecule has 1 saturated heterocycles. The summed E-state index contributed by atoms with van der Waals surface area (Å²) < 4.78 is 11.2. The van der Waals surface area contributed by atoms with Crippen LogP contribution in [0.4, 0.5) is 4.79 Å². The van der Waals surface area contributed by atoms with Crippen LogP contribution < -0.4 is 0 Å². The number of aromatic nitrogens is 1. The highest BCUT2D eigenvalue weighted by Gasteiger charge is 2.31. The van der Waals surface area contributed by atoms with Gasteiger partial charge in [-0.3, -0.25) is 0 Å². The van der Waals surface area contributed by atoms with Crippen molar-refractivity contribution in [2.24, 2.45) is 0 Å². The fraction of sp³-hybridized carbons (Fsp3) is 0.474. The number of nitrogens with zero attached hydrogens (tertiary/aromatic N) is 2. The maximum absolute atomic E-state index is 12.5. The van der Waals surface area contributed by atoms with Gasteiger partial charge in [-0.25, -0.2) is 9.78 Å². The molecule has 134 valence electrons. The van der Waals surface area contributed by atoms with Gasteiger partial charge in [-0.05, 0) is 38.8 Å². The molecule has 0 spiro atoms. The normalized spacial score (nSPS) is 18.2. The molecule has 1 atom stereocenters. The molecule has 1 amide bonds. The van der Waals surface area contributed by atoms with Crippen LogP contribution in [-0.2, 0) is 15.9 Å². The molecule has 0 bridgehead atoms. The van der Waals surface area contributed by atoms with Gasteiger partial charge in [0.25, 0.3) is 0 Å². The first-order valence-electron chi connectivity index (χ1n) is 8.48. The molecule has 1 fully saturated rings. The minimum atomic E-state index is -0.495. The largest absolute Gasteiger partial charge is 0.444 e. The lowest BCUT2D eigenvalue weighted by atomic mass is 10.0. The summed E-state index contributed by atoms with van der Waals surface area (Å²) in [6, 6.07) is 8.30. The van der Waals surface area contributed by atoms with Crippen molar-refractivity contribution in [3.63, 3.8) is 0 Å². The molecule has 1 unspecified atom stereocenters. The molecule has 25 heavy (non-hydrogen) atoms. The van der Waals surface area contributed by atoms with Crippen LogP contribution in [0.25, 0.3) is 10.6 Å². The first-order valence-corrected chi connectivity index (χ1v) is 9.36. The molecule has 0 N–H and O–H groups in total. The molecule has 1 aromatic heterocycles. The van der Waals surface area contributed by atoms with Gasteiger partial charge in [0.1, 0.15) is 10.6 Å². The maximum atomic E-state index is 12.5. The third-order valence-corrected chi connectivity index (χ3v) is 4.76. The Balaban J connectivity index is 1.73. The number of carbonyl (C=O) groups excluding carboxylic acids is 1. The fourth-order valence-corrected chi connectivity index (χ4v) is 3.49. The number of hydrogen-bond donors (Lipinski definition) is 0. The van der Waals surface area contributed by atoms with E-state index in [9.17, 15) is 4.79 Å². The van der Waals surface area contributed by atoms with Crippen molar-refractivity contribution in [2.75, 3.05) is 19.8 Å². The van der Waals surface area contributed by atoms with Crippen molar-refractivity contribution in [3.05, 3.63) is 41.4 Å². The van der Waals surface area contributed by atoms with E-state index in [4.69, 9.17) is 9.47 Å². The molecule has 1 aromatic carbocycles. The molecule has 2 aromatic rings. The zero-order chi connectivity index (χ0) is 17.9. The van der Waals surface area contributed by atoms with Gasteiger partial charge in [-0.15, -0.1) is 11.3 Å². The van der Waals surface area contributed by atoms with Crippen LogP contribution in [0.2, 0.25) is 0 Å². The number of hydrogen-bond acceptors (Lipinski definition) is 5. The Morgan fingerprint density at radius 1 is 1.44 bits per heavy atom. The van der Waals surface area contributed by atoms with Crippen LogP contribution in [0.1, 0.15) is 26.3 Å². The Labute approximate surface area is 152 Å². The molecule has 5 nitrogen and oxygen atoms in total. The first-order chi connectivity index (χ1) is 11.9. The lowest BCUT2D eigenvalue weighted by molar-refractivity contribution is -0.0319. The van der Waals surface area contributed by atoms with Gasteiger partial charge in [0.05, 0.1) is 19.3 Å². The van der Waals surface area contributed by atoms with E-state index < -0.39 is 5.60 Å². The molecule has 1 aliphatic heterocycles. The number of morpholine rings is 1. The van der Waals surface area contributed by atoms with Crippen LogP contribution >= 0.6 is 11.3 Å². The van der Waals surface area contributed by atoms with E-state index in [1.54, 1.807) is 16.2 Å². The number of thiazole rings is 1. The van der Waals surface area contributed by atoms with Crippen molar-refractivity contribution in [3.8, 4) is 10.6 Å². The summed E-state index contributed by atoms with van der Waals surface area (Å²) in [4.78, 5) is 18.7. The molecular formula is C19H24N2O3S. The van der Waals surface area contributed by atoms with Crippen molar-refractivity contribution in [1.82, 2.24) is 9.88 Å².